The van der Waals surface area contributed by atoms with Crippen molar-refractivity contribution in [1.82, 2.24) is 5.32 Å². The molecule has 0 saturated heterocycles. The molecule has 6 heteroatoms. The van der Waals surface area contributed by atoms with Crippen molar-refractivity contribution in [2.45, 2.75) is 41.4 Å². The first kappa shape index (κ1) is 16.8. The van der Waals surface area contributed by atoms with Crippen LogP contribution in [0.4, 0.5) is 0 Å². The van der Waals surface area contributed by atoms with Crippen LogP contribution in [-0.4, -0.2) is 41.5 Å². The van der Waals surface area contributed by atoms with Gasteiger partial charge in [-0.3, -0.25) is 4.79 Å². The third kappa shape index (κ3) is 4.01. The number of carboxylic acids is 1. The Labute approximate surface area is 134 Å². The average Bonchev–Trinajstić information content (AvgIpc) is 2.98. The molecule has 2 rings (SSSR count). The van der Waals surface area contributed by atoms with Crippen molar-refractivity contribution >= 4 is 23.6 Å². The fourth-order valence-electron chi connectivity index (χ4n) is 2.65. The number of hydrogen-bond acceptors (Lipinski definition) is 4. The van der Waals surface area contributed by atoms with Gasteiger partial charge in [-0.25, -0.2) is 4.79 Å². The van der Waals surface area contributed by atoms with Crippen LogP contribution in [0.3, 0.4) is 0 Å². The molecule has 22 heavy (non-hydrogen) atoms. The molecule has 1 amide bonds. The summed E-state index contributed by atoms with van der Waals surface area (Å²) in [7, 11) is 1.33. The minimum absolute atomic E-state index is 0.0121. The molecule has 1 aromatic rings. The quantitative estimate of drug-likeness (QED) is 0.805. The summed E-state index contributed by atoms with van der Waals surface area (Å²) in [4.78, 5) is 24.6. The van der Waals surface area contributed by atoms with Crippen LogP contribution in [0.25, 0.3) is 0 Å². The number of aliphatic carboxylic acids is 1. The number of carboxylic acid groups (broad SMARTS) is 1. The highest BCUT2D eigenvalue weighted by Crippen LogP contribution is 2.45. The zero-order valence-corrected chi connectivity index (χ0v) is 13.4. The topological polar surface area (TPSA) is 75.6 Å². The highest BCUT2D eigenvalue weighted by Gasteiger charge is 2.42. The van der Waals surface area contributed by atoms with Crippen LogP contribution in [-0.2, 0) is 14.3 Å². The van der Waals surface area contributed by atoms with Crippen molar-refractivity contribution in [3.05, 3.63) is 30.3 Å². The van der Waals surface area contributed by atoms with Crippen molar-refractivity contribution in [3.8, 4) is 0 Å². The second kappa shape index (κ2) is 7.65. The molecule has 0 aromatic heterocycles. The minimum Gasteiger partial charge on any atom is -0.479 e. The molecule has 0 aliphatic heterocycles. The number of benzene rings is 1. The van der Waals surface area contributed by atoms with Crippen LogP contribution in [0, 0.1) is 0 Å². The van der Waals surface area contributed by atoms with E-state index in [4.69, 9.17) is 9.84 Å². The maximum absolute atomic E-state index is 12.6. The van der Waals surface area contributed by atoms with E-state index in [9.17, 15) is 9.59 Å². The van der Waals surface area contributed by atoms with Gasteiger partial charge in [-0.2, -0.15) is 0 Å². The molecular formula is C16H21NO4S. The van der Waals surface area contributed by atoms with E-state index in [1.54, 1.807) is 11.8 Å². The molecule has 2 N–H and O–H groups in total. The second-order valence-corrected chi connectivity index (χ2v) is 6.85. The Kier molecular flexibility index (Phi) is 5.85. The first-order valence-electron chi connectivity index (χ1n) is 7.35. The molecular weight excluding hydrogens is 302 g/mol. The van der Waals surface area contributed by atoms with Gasteiger partial charge in [0.15, 0.2) is 6.10 Å². The highest BCUT2D eigenvalue weighted by molar-refractivity contribution is 8.01. The zero-order valence-electron chi connectivity index (χ0n) is 12.6. The molecule has 0 bridgehead atoms. The molecule has 1 saturated carbocycles. The van der Waals surface area contributed by atoms with Gasteiger partial charge in [0.2, 0.25) is 5.91 Å². The van der Waals surface area contributed by atoms with Crippen molar-refractivity contribution in [2.24, 2.45) is 0 Å². The summed E-state index contributed by atoms with van der Waals surface area (Å²) in [5.41, 5.74) is 0. The van der Waals surface area contributed by atoms with Gasteiger partial charge in [0, 0.05) is 12.0 Å². The van der Waals surface area contributed by atoms with Crippen LogP contribution >= 0.6 is 11.8 Å². The first-order chi connectivity index (χ1) is 10.6. The van der Waals surface area contributed by atoms with Gasteiger partial charge in [0.1, 0.15) is 0 Å². The molecule has 1 aromatic carbocycles. The Bertz CT molecular complexity index is 514. The van der Waals surface area contributed by atoms with Crippen LogP contribution < -0.4 is 5.32 Å². The van der Waals surface area contributed by atoms with Gasteiger partial charge in [0.05, 0.1) is 11.3 Å². The van der Waals surface area contributed by atoms with Crippen molar-refractivity contribution in [1.29, 1.82) is 0 Å². The molecule has 5 nitrogen and oxygen atoms in total. The van der Waals surface area contributed by atoms with E-state index in [-0.39, 0.29) is 12.5 Å². The predicted octanol–water partition coefficient (Wildman–Crippen LogP) is 2.31. The largest absolute Gasteiger partial charge is 0.479 e. The number of thioether (sulfide) groups is 1. The SMILES string of the molecule is COC(CNC(=O)C1(Sc2ccccc2)CCCC1)C(=O)O. The maximum atomic E-state index is 12.6. The maximum Gasteiger partial charge on any atom is 0.334 e. The number of rotatable bonds is 7. The first-order valence-corrected chi connectivity index (χ1v) is 8.17. The number of carbonyl (C=O) groups is 2. The fraction of sp³-hybridized carbons (Fsp3) is 0.500. The Morgan fingerprint density at radius 1 is 1.32 bits per heavy atom. The molecule has 1 aliphatic carbocycles. The normalized spacial score (nSPS) is 17.9. The number of carbonyl (C=O) groups excluding carboxylic acids is 1. The Balaban J connectivity index is 2.04. The Morgan fingerprint density at radius 2 is 1.95 bits per heavy atom. The molecule has 1 fully saturated rings. The minimum atomic E-state index is -1.07. The van der Waals surface area contributed by atoms with Gasteiger partial charge in [0.25, 0.3) is 0 Å². The van der Waals surface area contributed by atoms with E-state index in [1.807, 2.05) is 30.3 Å². The summed E-state index contributed by atoms with van der Waals surface area (Å²) in [6, 6.07) is 9.84. The lowest BCUT2D eigenvalue weighted by molar-refractivity contribution is -0.148. The van der Waals surface area contributed by atoms with Crippen LogP contribution in [0.2, 0.25) is 0 Å². The van der Waals surface area contributed by atoms with Gasteiger partial charge in [-0.15, -0.1) is 11.8 Å². The molecule has 1 aliphatic rings. The number of nitrogens with one attached hydrogen (secondary N) is 1. The van der Waals surface area contributed by atoms with E-state index in [1.165, 1.54) is 7.11 Å². The molecule has 0 radical (unpaired) electrons. The van der Waals surface area contributed by atoms with Crippen molar-refractivity contribution in [3.63, 3.8) is 0 Å². The standard InChI is InChI=1S/C16H21NO4S/c1-21-13(14(18)19)11-17-15(20)16(9-5-6-10-16)22-12-7-3-2-4-8-12/h2-4,7-8,13H,5-6,9-11H2,1H3,(H,17,20)(H,18,19). The van der Waals surface area contributed by atoms with E-state index in [0.29, 0.717) is 0 Å². The predicted molar refractivity (Wildman–Crippen MR) is 84.9 cm³/mol. The molecule has 1 atom stereocenters. The lowest BCUT2D eigenvalue weighted by atomic mass is 10.1. The Hall–Kier alpha value is -1.53. The third-order valence-electron chi connectivity index (χ3n) is 3.89. The molecule has 120 valence electrons. The average molecular weight is 323 g/mol. The number of hydrogen-bond donors (Lipinski definition) is 2. The summed E-state index contributed by atoms with van der Waals surface area (Å²) < 4.78 is 4.35. The zero-order chi connectivity index (χ0) is 16.0. The summed E-state index contributed by atoms with van der Waals surface area (Å²) >= 11 is 1.57. The molecule has 1 unspecified atom stereocenters. The fourth-order valence-corrected chi connectivity index (χ4v) is 4.06. The van der Waals surface area contributed by atoms with Crippen LogP contribution in [0.5, 0.6) is 0 Å². The summed E-state index contributed by atoms with van der Waals surface area (Å²) in [6.07, 6.45) is 2.63. The second-order valence-electron chi connectivity index (χ2n) is 5.39. The smallest absolute Gasteiger partial charge is 0.334 e. The summed E-state index contributed by atoms with van der Waals surface area (Å²) in [5.74, 6) is -1.17. The summed E-state index contributed by atoms with van der Waals surface area (Å²) in [5, 5.41) is 11.7. The third-order valence-corrected chi connectivity index (χ3v) is 5.38. The molecule has 0 spiro atoms. The lowest BCUT2D eigenvalue weighted by Crippen LogP contribution is -2.46. The number of methoxy groups -OCH3 is 1. The summed E-state index contributed by atoms with van der Waals surface area (Å²) in [6.45, 7) is -0.0121. The van der Waals surface area contributed by atoms with Gasteiger partial charge < -0.3 is 15.2 Å². The Morgan fingerprint density at radius 3 is 2.50 bits per heavy atom. The van der Waals surface area contributed by atoms with Gasteiger partial charge >= 0.3 is 5.97 Å². The van der Waals surface area contributed by atoms with E-state index < -0.39 is 16.8 Å². The van der Waals surface area contributed by atoms with Gasteiger partial charge in [-0.1, -0.05) is 31.0 Å². The van der Waals surface area contributed by atoms with Gasteiger partial charge in [-0.05, 0) is 25.0 Å². The number of amides is 1. The van der Waals surface area contributed by atoms with Crippen molar-refractivity contribution in [2.75, 3.05) is 13.7 Å². The monoisotopic (exact) mass is 323 g/mol. The van der Waals surface area contributed by atoms with Crippen LogP contribution in [0.1, 0.15) is 25.7 Å². The van der Waals surface area contributed by atoms with E-state index in [0.717, 1.165) is 30.6 Å². The van der Waals surface area contributed by atoms with E-state index in [2.05, 4.69) is 5.32 Å². The lowest BCUT2D eigenvalue weighted by Gasteiger charge is -2.27. The molecule has 0 heterocycles. The number of ether oxygens (including phenoxy) is 1. The van der Waals surface area contributed by atoms with Crippen molar-refractivity contribution < 1.29 is 19.4 Å². The van der Waals surface area contributed by atoms with Crippen LogP contribution in [0.15, 0.2) is 35.2 Å². The highest BCUT2D eigenvalue weighted by atomic mass is 32.2. The van der Waals surface area contributed by atoms with E-state index >= 15 is 0 Å².